The van der Waals surface area contributed by atoms with Crippen LogP contribution in [0.2, 0.25) is 0 Å². The molecule has 0 fully saturated rings. The minimum absolute atomic E-state index is 0.00908. The van der Waals surface area contributed by atoms with E-state index in [1.54, 1.807) is 36.9 Å². The van der Waals surface area contributed by atoms with Crippen LogP contribution >= 0.6 is 11.5 Å². The van der Waals surface area contributed by atoms with E-state index in [2.05, 4.69) is 14.7 Å². The third-order valence-corrected chi connectivity index (χ3v) is 7.16. The zero-order valence-corrected chi connectivity index (χ0v) is 21.4. The zero-order valence-electron chi connectivity index (χ0n) is 20.6. The lowest BCUT2D eigenvalue weighted by Crippen LogP contribution is -2.27. The number of carbonyl (C=O) groups is 2. The first-order valence-electron chi connectivity index (χ1n) is 11.6. The number of carbonyl (C=O) groups excluding carboxylic acids is 2. The van der Waals surface area contributed by atoms with Gasteiger partial charge in [-0.3, -0.25) is 23.7 Å². The first-order chi connectivity index (χ1) is 17.1. The highest BCUT2D eigenvalue weighted by Gasteiger charge is 2.28. The number of aliphatic imine (C=N–C) groups is 1. The van der Waals surface area contributed by atoms with Crippen LogP contribution in [0.25, 0.3) is 0 Å². The summed E-state index contributed by atoms with van der Waals surface area (Å²) in [5, 5.41) is 13.4. The van der Waals surface area contributed by atoms with Gasteiger partial charge in [-0.15, -0.1) is 0 Å². The molecule has 4 rings (SSSR count). The van der Waals surface area contributed by atoms with Gasteiger partial charge in [0, 0.05) is 29.9 Å². The number of hydrogen-bond donors (Lipinski definition) is 4. The molecule has 5 N–H and O–H groups in total. The molecule has 2 aromatic carbocycles. The summed E-state index contributed by atoms with van der Waals surface area (Å²) in [5.41, 5.74) is 10.5. The van der Waals surface area contributed by atoms with Gasteiger partial charge in [-0.25, -0.2) is 0 Å². The normalized spacial score (nSPS) is 14.9. The lowest BCUT2D eigenvalue weighted by atomic mass is 10.0. The van der Waals surface area contributed by atoms with Gasteiger partial charge < -0.3 is 21.1 Å². The SMILES string of the molecule is CC(=O)c1cccc2c1CN(C(=O)c1ccc(Nc3s[nH]c(=O)c3C(N)=NC(C)C(C)O)cc1C)C2. The maximum atomic E-state index is 13.3. The number of aliphatic hydroxyl groups is 1. The summed E-state index contributed by atoms with van der Waals surface area (Å²) in [7, 11) is 0. The van der Waals surface area contributed by atoms with Crippen LogP contribution in [0, 0.1) is 6.92 Å². The van der Waals surface area contributed by atoms with Gasteiger partial charge in [0.25, 0.3) is 11.5 Å². The topological polar surface area (TPSA) is 141 Å². The summed E-state index contributed by atoms with van der Waals surface area (Å²) in [4.78, 5) is 43.6. The third kappa shape index (κ3) is 4.95. The molecule has 2 unspecified atom stereocenters. The molecule has 1 aromatic heterocycles. The molecular formula is C26H29N5O4S. The highest BCUT2D eigenvalue weighted by atomic mass is 32.1. The van der Waals surface area contributed by atoms with E-state index < -0.39 is 12.1 Å². The van der Waals surface area contributed by atoms with E-state index in [9.17, 15) is 19.5 Å². The standard InChI is InChI=1S/C26H29N5O4S/c1-13-10-18(29-25-22(24(34)30-36-25)23(27)28-14(2)15(3)32)8-9-19(13)26(35)31-11-17-6-5-7-20(16(4)33)21(17)12-31/h5-10,14-15,29,32H,11-12H2,1-4H3,(H2,27,28)(H,30,34). The molecule has 0 radical (unpaired) electrons. The largest absolute Gasteiger partial charge is 0.391 e. The number of aryl methyl sites for hydroxylation is 1. The van der Waals surface area contributed by atoms with E-state index in [1.165, 1.54) is 6.92 Å². The van der Waals surface area contributed by atoms with Crippen molar-refractivity contribution in [3.05, 3.63) is 80.1 Å². The van der Waals surface area contributed by atoms with E-state index in [0.717, 1.165) is 28.2 Å². The maximum Gasteiger partial charge on any atom is 0.271 e. The molecule has 0 aliphatic carbocycles. The van der Waals surface area contributed by atoms with Crippen molar-refractivity contribution in [1.82, 2.24) is 9.27 Å². The van der Waals surface area contributed by atoms with E-state index >= 15 is 0 Å². The third-order valence-electron chi connectivity index (χ3n) is 6.36. The summed E-state index contributed by atoms with van der Waals surface area (Å²) in [6.07, 6.45) is -0.706. The summed E-state index contributed by atoms with van der Waals surface area (Å²) in [5.74, 6) is -0.0825. The number of H-pyrrole nitrogens is 1. The fourth-order valence-corrected chi connectivity index (χ4v) is 4.96. The summed E-state index contributed by atoms with van der Waals surface area (Å²) >= 11 is 1.09. The van der Waals surface area contributed by atoms with Crippen LogP contribution in [-0.4, -0.2) is 44.1 Å². The van der Waals surface area contributed by atoms with Crippen LogP contribution in [0.15, 0.2) is 46.2 Å². The fraction of sp³-hybridized carbons (Fsp3) is 0.308. The Morgan fingerprint density at radius 3 is 2.61 bits per heavy atom. The molecule has 0 saturated carbocycles. The van der Waals surface area contributed by atoms with Crippen molar-refractivity contribution in [3.8, 4) is 0 Å². The number of benzene rings is 2. The Hall–Kier alpha value is -3.76. The fourth-order valence-electron chi connectivity index (χ4n) is 4.19. The number of rotatable bonds is 7. The van der Waals surface area contributed by atoms with Crippen LogP contribution in [0.3, 0.4) is 0 Å². The highest BCUT2D eigenvalue weighted by molar-refractivity contribution is 7.10. The van der Waals surface area contributed by atoms with E-state index in [0.29, 0.717) is 34.9 Å². The number of nitrogens with one attached hydrogen (secondary N) is 2. The van der Waals surface area contributed by atoms with Crippen molar-refractivity contribution in [1.29, 1.82) is 0 Å². The minimum atomic E-state index is -0.706. The molecule has 1 aliphatic heterocycles. The second-order valence-electron chi connectivity index (χ2n) is 9.05. The number of anilines is 2. The van der Waals surface area contributed by atoms with Crippen molar-refractivity contribution in [2.75, 3.05) is 5.32 Å². The number of fused-ring (bicyclic) bond motifs is 1. The zero-order chi connectivity index (χ0) is 26.1. The number of ketones is 1. The minimum Gasteiger partial charge on any atom is -0.391 e. The molecule has 1 aliphatic rings. The van der Waals surface area contributed by atoms with E-state index in [-0.39, 0.29) is 28.6 Å². The van der Waals surface area contributed by atoms with Gasteiger partial charge in [0.2, 0.25) is 0 Å². The first kappa shape index (κ1) is 25.3. The lowest BCUT2D eigenvalue weighted by Gasteiger charge is -2.18. The Labute approximate surface area is 212 Å². The summed E-state index contributed by atoms with van der Waals surface area (Å²) < 4.78 is 2.66. The molecule has 2 atom stereocenters. The Kier molecular flexibility index (Phi) is 7.09. The van der Waals surface area contributed by atoms with Crippen LogP contribution < -0.4 is 16.6 Å². The maximum absolute atomic E-state index is 13.3. The van der Waals surface area contributed by atoms with Gasteiger partial charge in [0.05, 0.1) is 12.1 Å². The van der Waals surface area contributed by atoms with Gasteiger partial charge in [-0.2, -0.15) is 0 Å². The van der Waals surface area contributed by atoms with Crippen LogP contribution in [-0.2, 0) is 13.1 Å². The number of hydrogen-bond acceptors (Lipinski definition) is 7. The quantitative estimate of drug-likeness (QED) is 0.220. The Balaban J connectivity index is 1.54. The van der Waals surface area contributed by atoms with Crippen molar-refractivity contribution in [3.63, 3.8) is 0 Å². The number of Topliss-reactive ketones (excluding diaryl/α,β-unsaturated/α-hetero) is 1. The molecule has 9 nitrogen and oxygen atoms in total. The smallest absolute Gasteiger partial charge is 0.271 e. The Morgan fingerprint density at radius 2 is 1.94 bits per heavy atom. The predicted octanol–water partition coefficient (Wildman–Crippen LogP) is 3.32. The van der Waals surface area contributed by atoms with Crippen molar-refractivity contribution < 1.29 is 14.7 Å². The molecule has 2 heterocycles. The van der Waals surface area contributed by atoms with Gasteiger partial charge in [0.1, 0.15) is 16.4 Å². The molecular weight excluding hydrogens is 478 g/mol. The number of nitrogens with two attached hydrogens (primary N) is 1. The average Bonchev–Trinajstić information content (AvgIpc) is 3.41. The highest BCUT2D eigenvalue weighted by Crippen LogP contribution is 2.30. The molecule has 3 aromatic rings. The molecule has 188 valence electrons. The monoisotopic (exact) mass is 507 g/mol. The molecule has 36 heavy (non-hydrogen) atoms. The lowest BCUT2D eigenvalue weighted by molar-refractivity contribution is 0.0749. The Morgan fingerprint density at radius 1 is 1.19 bits per heavy atom. The second kappa shape index (κ2) is 10.1. The average molecular weight is 508 g/mol. The van der Waals surface area contributed by atoms with E-state index in [4.69, 9.17) is 5.73 Å². The predicted molar refractivity (Wildman–Crippen MR) is 141 cm³/mol. The summed E-state index contributed by atoms with van der Waals surface area (Å²) in [6.45, 7) is 7.56. The van der Waals surface area contributed by atoms with Crippen LogP contribution in [0.5, 0.6) is 0 Å². The van der Waals surface area contributed by atoms with Gasteiger partial charge in [-0.05, 0) is 74.1 Å². The second-order valence-corrected chi connectivity index (χ2v) is 9.86. The van der Waals surface area contributed by atoms with Crippen molar-refractivity contribution >= 4 is 39.7 Å². The van der Waals surface area contributed by atoms with Crippen LogP contribution in [0.4, 0.5) is 10.7 Å². The van der Waals surface area contributed by atoms with Crippen LogP contribution in [0.1, 0.15) is 63.7 Å². The number of aromatic amines is 1. The number of aromatic nitrogens is 1. The molecule has 0 spiro atoms. The van der Waals surface area contributed by atoms with Crippen molar-refractivity contribution in [2.24, 2.45) is 10.7 Å². The molecule has 0 bridgehead atoms. The molecule has 10 heteroatoms. The van der Waals surface area contributed by atoms with Gasteiger partial charge in [-0.1, -0.05) is 18.2 Å². The first-order valence-corrected chi connectivity index (χ1v) is 12.4. The number of aliphatic hydroxyl groups excluding tert-OH is 1. The summed E-state index contributed by atoms with van der Waals surface area (Å²) in [6, 6.07) is 10.5. The molecule has 1 amide bonds. The number of amidine groups is 1. The van der Waals surface area contributed by atoms with Gasteiger partial charge >= 0.3 is 0 Å². The number of amides is 1. The Bertz CT molecular complexity index is 1420. The molecule has 0 saturated heterocycles. The van der Waals surface area contributed by atoms with E-state index in [1.807, 2.05) is 25.1 Å². The van der Waals surface area contributed by atoms with Crippen molar-refractivity contribution in [2.45, 2.75) is 52.9 Å². The number of nitrogens with zero attached hydrogens (tertiary/aromatic N) is 2. The van der Waals surface area contributed by atoms with Gasteiger partial charge in [0.15, 0.2) is 5.78 Å².